The summed E-state index contributed by atoms with van der Waals surface area (Å²) >= 11 is 0. The van der Waals surface area contributed by atoms with E-state index in [9.17, 15) is 22.8 Å². The Morgan fingerprint density at radius 1 is 1.18 bits per heavy atom. The van der Waals surface area contributed by atoms with Crippen LogP contribution in [-0.2, 0) is 4.74 Å². The molecule has 0 radical (unpaired) electrons. The van der Waals surface area contributed by atoms with E-state index < -0.39 is 37.2 Å². The molecule has 2 amide bonds. The normalized spacial score (nSPS) is 16.5. The number of ether oxygens (including phenoxy) is 1. The van der Waals surface area contributed by atoms with Crippen molar-refractivity contribution in [3.8, 4) is 0 Å². The second kappa shape index (κ2) is 9.57. The number of fused-ring (bicyclic) bond motifs is 1. The van der Waals surface area contributed by atoms with E-state index in [-0.39, 0.29) is 16.9 Å². The van der Waals surface area contributed by atoms with E-state index in [1.165, 1.54) is 17.1 Å². The van der Waals surface area contributed by atoms with Gasteiger partial charge in [0.05, 0.1) is 29.4 Å². The van der Waals surface area contributed by atoms with Crippen LogP contribution in [0.3, 0.4) is 0 Å². The first kappa shape index (κ1) is 22.7. The number of rotatable bonds is 6. The molecule has 1 atom stereocenters. The number of aromatic nitrogens is 3. The number of benzene rings is 1. The third kappa shape index (κ3) is 5.67. The van der Waals surface area contributed by atoms with Crippen molar-refractivity contribution in [3.05, 3.63) is 54.0 Å². The van der Waals surface area contributed by atoms with E-state index in [2.05, 4.69) is 20.7 Å². The minimum absolute atomic E-state index is 0.0758. The third-order valence-electron chi connectivity index (χ3n) is 5.19. The van der Waals surface area contributed by atoms with Crippen LogP contribution >= 0.6 is 0 Å². The van der Waals surface area contributed by atoms with Crippen LogP contribution in [0.25, 0.3) is 10.9 Å². The van der Waals surface area contributed by atoms with Gasteiger partial charge in [0.15, 0.2) is 5.69 Å². The molecule has 174 valence electrons. The van der Waals surface area contributed by atoms with Crippen LogP contribution in [0, 0.1) is 0 Å². The molecule has 1 aromatic carbocycles. The molecule has 1 fully saturated rings. The summed E-state index contributed by atoms with van der Waals surface area (Å²) in [5.41, 5.74) is 0.875. The number of nitrogens with one attached hydrogen (secondary N) is 2. The molecule has 1 aliphatic rings. The maximum absolute atomic E-state index is 12.9. The highest BCUT2D eigenvalue weighted by Gasteiger charge is 2.28. The van der Waals surface area contributed by atoms with Crippen molar-refractivity contribution >= 4 is 28.4 Å². The zero-order chi connectivity index (χ0) is 23.4. The van der Waals surface area contributed by atoms with Gasteiger partial charge in [0, 0.05) is 24.7 Å². The van der Waals surface area contributed by atoms with Crippen LogP contribution in [0.1, 0.15) is 52.8 Å². The van der Waals surface area contributed by atoms with Gasteiger partial charge >= 0.3 is 6.18 Å². The highest BCUT2D eigenvalue weighted by molar-refractivity contribution is 6.09. The average molecular weight is 461 g/mol. The van der Waals surface area contributed by atoms with Gasteiger partial charge in [-0.2, -0.15) is 18.3 Å². The van der Waals surface area contributed by atoms with Gasteiger partial charge in [-0.15, -0.1) is 0 Å². The fourth-order valence-corrected chi connectivity index (χ4v) is 3.52. The number of alkyl halides is 3. The van der Waals surface area contributed by atoms with E-state index in [4.69, 9.17) is 4.74 Å². The number of amides is 2. The zero-order valence-electron chi connectivity index (χ0n) is 17.6. The lowest BCUT2D eigenvalue weighted by Crippen LogP contribution is -2.29. The fourth-order valence-electron chi connectivity index (χ4n) is 3.52. The van der Waals surface area contributed by atoms with Gasteiger partial charge < -0.3 is 15.4 Å². The molecule has 33 heavy (non-hydrogen) atoms. The summed E-state index contributed by atoms with van der Waals surface area (Å²) in [6, 6.07) is 8.95. The Morgan fingerprint density at radius 2 is 2.00 bits per heavy atom. The molecular formula is C22H22F3N5O3. The van der Waals surface area contributed by atoms with Crippen LogP contribution in [0.4, 0.5) is 18.9 Å². The van der Waals surface area contributed by atoms with Crippen molar-refractivity contribution in [3.63, 3.8) is 0 Å². The van der Waals surface area contributed by atoms with Gasteiger partial charge in [-0.25, -0.2) is 4.68 Å². The molecule has 2 aromatic heterocycles. The molecule has 1 aliphatic heterocycles. The monoisotopic (exact) mass is 461 g/mol. The highest BCUT2D eigenvalue weighted by atomic mass is 19.4. The molecule has 3 aromatic rings. The Morgan fingerprint density at radius 3 is 2.76 bits per heavy atom. The molecule has 0 aliphatic carbocycles. The molecule has 8 nitrogen and oxygen atoms in total. The van der Waals surface area contributed by atoms with Gasteiger partial charge in [-0.05, 0) is 31.4 Å². The molecular weight excluding hydrogens is 439 g/mol. The van der Waals surface area contributed by atoms with Gasteiger partial charge in [0.1, 0.15) is 6.23 Å². The molecule has 0 bridgehead atoms. The fraction of sp³-hybridized carbons (Fsp3) is 0.364. The lowest BCUT2D eigenvalue weighted by Gasteiger charge is -2.22. The molecule has 11 heteroatoms. The Labute approximate surface area is 187 Å². The van der Waals surface area contributed by atoms with Gasteiger partial charge in [0.2, 0.25) is 0 Å². The summed E-state index contributed by atoms with van der Waals surface area (Å²) in [6.45, 7) is -0.0702. The van der Waals surface area contributed by atoms with Gasteiger partial charge in [0.25, 0.3) is 11.8 Å². The summed E-state index contributed by atoms with van der Waals surface area (Å²) in [5.74, 6) is -1.34. The summed E-state index contributed by atoms with van der Waals surface area (Å²) in [6.07, 6.45) is -0.648. The Hall–Kier alpha value is -3.47. The zero-order valence-corrected chi connectivity index (χ0v) is 17.6. The van der Waals surface area contributed by atoms with Crippen LogP contribution < -0.4 is 10.6 Å². The third-order valence-corrected chi connectivity index (χ3v) is 5.19. The number of hydrogen-bond donors (Lipinski definition) is 2. The lowest BCUT2D eigenvalue weighted by atomic mass is 10.1. The van der Waals surface area contributed by atoms with Crippen molar-refractivity contribution in [2.45, 2.75) is 38.1 Å². The number of halogens is 3. The van der Waals surface area contributed by atoms with Crippen LogP contribution in [0.15, 0.2) is 42.7 Å². The number of anilines is 1. The molecule has 3 heterocycles. The van der Waals surface area contributed by atoms with Crippen LogP contribution in [0.2, 0.25) is 0 Å². The second-order valence-corrected chi connectivity index (χ2v) is 7.68. The molecule has 1 saturated heterocycles. The number of para-hydroxylation sites is 1. The van der Waals surface area contributed by atoms with Crippen LogP contribution in [0.5, 0.6) is 0 Å². The summed E-state index contributed by atoms with van der Waals surface area (Å²) in [4.78, 5) is 29.7. The predicted molar refractivity (Wildman–Crippen MR) is 114 cm³/mol. The number of pyridine rings is 1. The van der Waals surface area contributed by atoms with Crippen molar-refractivity contribution in [1.82, 2.24) is 20.1 Å². The SMILES string of the molecule is O=C(Nc1cn(C2CCCCO2)nc1C(=O)NCCC(F)(F)F)c1cnc2ccccc2c1. The summed E-state index contributed by atoms with van der Waals surface area (Å²) in [5, 5.41) is 9.83. The van der Waals surface area contributed by atoms with E-state index in [1.807, 2.05) is 24.3 Å². The van der Waals surface area contributed by atoms with E-state index >= 15 is 0 Å². The molecule has 4 rings (SSSR count). The minimum Gasteiger partial charge on any atom is -0.357 e. The Kier molecular flexibility index (Phi) is 6.59. The Balaban J connectivity index is 1.56. The number of nitrogens with zero attached hydrogens (tertiary/aromatic N) is 3. The number of carbonyl (C=O) groups excluding carboxylic acids is 2. The highest BCUT2D eigenvalue weighted by Crippen LogP contribution is 2.26. The Bertz CT molecular complexity index is 1160. The van der Waals surface area contributed by atoms with Crippen molar-refractivity contribution < 1.29 is 27.5 Å². The summed E-state index contributed by atoms with van der Waals surface area (Å²) in [7, 11) is 0. The predicted octanol–water partition coefficient (Wildman–Crippen LogP) is 4.06. The number of hydrogen-bond acceptors (Lipinski definition) is 5. The van der Waals surface area contributed by atoms with Crippen LogP contribution in [-0.4, -0.2) is 45.9 Å². The second-order valence-electron chi connectivity index (χ2n) is 7.68. The molecule has 1 unspecified atom stereocenters. The first-order valence-corrected chi connectivity index (χ1v) is 10.5. The van der Waals surface area contributed by atoms with Crippen molar-refractivity contribution in [2.24, 2.45) is 0 Å². The van der Waals surface area contributed by atoms with Crippen molar-refractivity contribution in [1.29, 1.82) is 0 Å². The molecule has 2 N–H and O–H groups in total. The molecule has 0 saturated carbocycles. The smallest absolute Gasteiger partial charge is 0.357 e. The first-order valence-electron chi connectivity index (χ1n) is 10.5. The standard InChI is InChI=1S/C22H22F3N5O3/c23-22(24,25)8-9-26-21(32)19-17(13-30(29-19)18-7-3-4-10-33-18)28-20(31)15-11-14-5-1-2-6-16(14)27-12-15/h1-2,5-6,11-13,18H,3-4,7-10H2,(H,26,32)(H,28,31). The maximum Gasteiger partial charge on any atom is 0.390 e. The minimum atomic E-state index is -4.40. The van der Waals surface area contributed by atoms with Gasteiger partial charge in [-0.1, -0.05) is 18.2 Å². The quantitative estimate of drug-likeness (QED) is 0.577. The van der Waals surface area contributed by atoms with E-state index in [0.717, 1.165) is 23.7 Å². The number of carbonyl (C=O) groups is 2. The average Bonchev–Trinajstić information content (AvgIpc) is 3.22. The maximum atomic E-state index is 12.9. The summed E-state index contributed by atoms with van der Waals surface area (Å²) < 4.78 is 44.5. The largest absolute Gasteiger partial charge is 0.390 e. The van der Waals surface area contributed by atoms with E-state index in [1.54, 1.807) is 6.07 Å². The van der Waals surface area contributed by atoms with E-state index in [0.29, 0.717) is 13.0 Å². The van der Waals surface area contributed by atoms with Crippen molar-refractivity contribution in [2.75, 3.05) is 18.5 Å². The van der Waals surface area contributed by atoms with Gasteiger partial charge in [-0.3, -0.25) is 14.6 Å². The lowest BCUT2D eigenvalue weighted by molar-refractivity contribution is -0.133. The molecule has 0 spiro atoms. The topological polar surface area (TPSA) is 98.1 Å². The first-order chi connectivity index (χ1) is 15.8.